The summed E-state index contributed by atoms with van der Waals surface area (Å²) in [5.74, 6) is 2.38. The molecule has 6 heteroatoms. The van der Waals surface area contributed by atoms with Crippen LogP contribution in [0.1, 0.15) is 5.69 Å². The number of hydrogen-bond donors (Lipinski definition) is 2. The quantitative estimate of drug-likeness (QED) is 0.526. The number of imidazole rings is 1. The van der Waals surface area contributed by atoms with Gasteiger partial charge in [0.1, 0.15) is 34.4 Å². The lowest BCUT2D eigenvalue weighted by atomic mass is 10.1. The number of phenols is 1. The zero-order chi connectivity index (χ0) is 19.7. The van der Waals surface area contributed by atoms with Gasteiger partial charge in [-0.2, -0.15) is 0 Å². The molecule has 0 spiro atoms. The van der Waals surface area contributed by atoms with Crippen LogP contribution in [0.2, 0.25) is 0 Å². The van der Waals surface area contributed by atoms with E-state index in [1.54, 1.807) is 32.4 Å². The lowest BCUT2D eigenvalue weighted by Gasteiger charge is -2.14. The number of aryl methyl sites for hydroxylation is 1. The van der Waals surface area contributed by atoms with E-state index in [4.69, 9.17) is 14.5 Å². The average Bonchev–Trinajstić information content (AvgIpc) is 3.07. The van der Waals surface area contributed by atoms with Crippen LogP contribution in [0.25, 0.3) is 16.9 Å². The molecule has 0 fully saturated rings. The molecule has 0 aliphatic heterocycles. The molecular formula is C22H21N3O3. The molecular weight excluding hydrogens is 354 g/mol. The van der Waals surface area contributed by atoms with Crippen LogP contribution in [0.15, 0.2) is 60.7 Å². The number of aromatic hydroxyl groups is 1. The minimum Gasteiger partial charge on any atom is -0.508 e. The fourth-order valence-corrected chi connectivity index (χ4v) is 3.26. The van der Waals surface area contributed by atoms with Crippen molar-refractivity contribution in [1.29, 1.82) is 0 Å². The number of benzene rings is 2. The van der Waals surface area contributed by atoms with Gasteiger partial charge >= 0.3 is 0 Å². The van der Waals surface area contributed by atoms with Gasteiger partial charge in [0.2, 0.25) is 0 Å². The van der Waals surface area contributed by atoms with Gasteiger partial charge in [0.05, 0.1) is 19.9 Å². The summed E-state index contributed by atoms with van der Waals surface area (Å²) in [5.41, 5.74) is 4.14. The van der Waals surface area contributed by atoms with Gasteiger partial charge in [0, 0.05) is 17.3 Å². The molecule has 142 valence electrons. The number of nitrogens with one attached hydrogen (secondary N) is 1. The monoisotopic (exact) mass is 375 g/mol. The van der Waals surface area contributed by atoms with Crippen LogP contribution in [-0.2, 0) is 0 Å². The molecule has 0 aliphatic carbocycles. The second-order valence-electron chi connectivity index (χ2n) is 6.41. The van der Waals surface area contributed by atoms with Crippen molar-refractivity contribution in [1.82, 2.24) is 9.38 Å². The van der Waals surface area contributed by atoms with Gasteiger partial charge in [-0.25, -0.2) is 4.98 Å². The Labute approximate surface area is 163 Å². The molecule has 2 heterocycles. The molecule has 4 rings (SSSR count). The SMILES string of the molecule is COc1ccc(OC)c(Nc2c(-c3cccc(O)c3)nc3cccc(C)n23)c1. The smallest absolute Gasteiger partial charge is 0.143 e. The molecule has 0 amide bonds. The summed E-state index contributed by atoms with van der Waals surface area (Å²) in [6, 6.07) is 18.6. The van der Waals surface area contributed by atoms with E-state index < -0.39 is 0 Å². The second kappa shape index (κ2) is 7.15. The fraction of sp³-hybridized carbons (Fsp3) is 0.136. The van der Waals surface area contributed by atoms with Crippen LogP contribution >= 0.6 is 0 Å². The van der Waals surface area contributed by atoms with E-state index in [1.165, 1.54) is 0 Å². The normalized spacial score (nSPS) is 10.8. The number of nitrogens with zero attached hydrogens (tertiary/aromatic N) is 2. The highest BCUT2D eigenvalue weighted by molar-refractivity contribution is 5.82. The molecule has 4 aromatic rings. The maximum absolute atomic E-state index is 9.94. The Morgan fingerprint density at radius 3 is 2.54 bits per heavy atom. The Bertz CT molecular complexity index is 1150. The van der Waals surface area contributed by atoms with Crippen LogP contribution in [0.5, 0.6) is 17.2 Å². The summed E-state index contributed by atoms with van der Waals surface area (Å²) in [6.45, 7) is 2.02. The third-order valence-electron chi connectivity index (χ3n) is 4.62. The Morgan fingerprint density at radius 1 is 0.964 bits per heavy atom. The van der Waals surface area contributed by atoms with Gasteiger partial charge in [-0.1, -0.05) is 18.2 Å². The maximum Gasteiger partial charge on any atom is 0.143 e. The van der Waals surface area contributed by atoms with E-state index in [2.05, 4.69) is 5.32 Å². The zero-order valence-electron chi connectivity index (χ0n) is 15.9. The predicted octanol–water partition coefficient (Wildman–Crippen LogP) is 4.78. The molecule has 2 aromatic carbocycles. The molecule has 0 atom stereocenters. The van der Waals surface area contributed by atoms with E-state index in [0.717, 1.165) is 34.1 Å². The first kappa shape index (κ1) is 17.7. The topological polar surface area (TPSA) is 68.0 Å². The van der Waals surface area contributed by atoms with Crippen molar-refractivity contribution in [2.24, 2.45) is 0 Å². The third kappa shape index (κ3) is 3.09. The highest BCUT2D eigenvalue weighted by atomic mass is 16.5. The molecule has 0 aliphatic rings. The van der Waals surface area contributed by atoms with Gasteiger partial charge in [0.25, 0.3) is 0 Å². The van der Waals surface area contributed by atoms with Crippen molar-refractivity contribution in [3.63, 3.8) is 0 Å². The molecule has 6 nitrogen and oxygen atoms in total. The number of pyridine rings is 1. The first-order valence-electron chi connectivity index (χ1n) is 8.87. The Balaban J connectivity index is 1.94. The van der Waals surface area contributed by atoms with Crippen molar-refractivity contribution in [3.05, 3.63) is 66.4 Å². The summed E-state index contributed by atoms with van der Waals surface area (Å²) in [6.07, 6.45) is 0. The summed E-state index contributed by atoms with van der Waals surface area (Å²) in [7, 11) is 3.25. The van der Waals surface area contributed by atoms with E-state index in [1.807, 2.05) is 53.8 Å². The Morgan fingerprint density at radius 2 is 1.79 bits per heavy atom. The van der Waals surface area contributed by atoms with E-state index in [9.17, 15) is 5.11 Å². The van der Waals surface area contributed by atoms with Crippen molar-refractivity contribution in [2.45, 2.75) is 6.92 Å². The molecule has 0 unspecified atom stereocenters. The summed E-state index contributed by atoms with van der Waals surface area (Å²) in [5, 5.41) is 13.4. The Hall–Kier alpha value is -3.67. The van der Waals surface area contributed by atoms with Crippen molar-refractivity contribution in [2.75, 3.05) is 19.5 Å². The average molecular weight is 375 g/mol. The molecule has 0 bridgehead atoms. The summed E-state index contributed by atoms with van der Waals surface area (Å²) < 4.78 is 12.9. The van der Waals surface area contributed by atoms with Crippen molar-refractivity contribution in [3.8, 4) is 28.5 Å². The third-order valence-corrected chi connectivity index (χ3v) is 4.62. The number of phenolic OH excluding ortho intramolecular Hbond substituents is 1. The molecule has 2 N–H and O–H groups in total. The largest absolute Gasteiger partial charge is 0.508 e. The minimum atomic E-state index is 0.191. The van der Waals surface area contributed by atoms with Crippen LogP contribution in [0, 0.1) is 6.92 Å². The number of aromatic nitrogens is 2. The number of methoxy groups -OCH3 is 2. The highest BCUT2D eigenvalue weighted by Crippen LogP contribution is 2.37. The van der Waals surface area contributed by atoms with Gasteiger partial charge in [-0.3, -0.25) is 4.40 Å². The number of anilines is 2. The van der Waals surface area contributed by atoms with E-state index in [-0.39, 0.29) is 5.75 Å². The summed E-state index contributed by atoms with van der Waals surface area (Å²) >= 11 is 0. The first-order chi connectivity index (χ1) is 13.6. The number of fused-ring (bicyclic) bond motifs is 1. The Kier molecular flexibility index (Phi) is 4.53. The fourth-order valence-electron chi connectivity index (χ4n) is 3.26. The lowest BCUT2D eigenvalue weighted by Crippen LogP contribution is -2.01. The first-order valence-corrected chi connectivity index (χ1v) is 8.87. The molecule has 2 aromatic heterocycles. The van der Waals surface area contributed by atoms with Gasteiger partial charge < -0.3 is 19.9 Å². The van der Waals surface area contributed by atoms with Crippen LogP contribution in [0.4, 0.5) is 11.5 Å². The van der Waals surface area contributed by atoms with E-state index in [0.29, 0.717) is 11.5 Å². The van der Waals surface area contributed by atoms with Gasteiger partial charge in [-0.05, 0) is 43.3 Å². The number of hydrogen-bond acceptors (Lipinski definition) is 5. The van der Waals surface area contributed by atoms with Gasteiger partial charge in [0.15, 0.2) is 0 Å². The second-order valence-corrected chi connectivity index (χ2v) is 6.41. The standard InChI is InChI=1S/C22H21N3O3/c1-14-6-4-9-20-24-21(15-7-5-8-16(26)12-15)22(25(14)20)23-18-13-17(27-2)10-11-19(18)28-3/h4-13,23,26H,1-3H3. The van der Waals surface area contributed by atoms with Crippen LogP contribution < -0.4 is 14.8 Å². The minimum absolute atomic E-state index is 0.191. The van der Waals surface area contributed by atoms with Crippen molar-refractivity contribution >= 4 is 17.2 Å². The highest BCUT2D eigenvalue weighted by Gasteiger charge is 2.18. The molecule has 0 saturated heterocycles. The zero-order valence-corrected chi connectivity index (χ0v) is 15.9. The molecule has 0 saturated carbocycles. The predicted molar refractivity (Wildman–Crippen MR) is 110 cm³/mol. The number of ether oxygens (including phenoxy) is 2. The van der Waals surface area contributed by atoms with E-state index >= 15 is 0 Å². The van der Waals surface area contributed by atoms with Crippen LogP contribution in [-0.4, -0.2) is 28.7 Å². The lowest BCUT2D eigenvalue weighted by molar-refractivity contribution is 0.405. The molecule has 0 radical (unpaired) electrons. The summed E-state index contributed by atoms with van der Waals surface area (Å²) in [4.78, 5) is 4.80. The molecule has 28 heavy (non-hydrogen) atoms. The maximum atomic E-state index is 9.94. The number of rotatable bonds is 5. The van der Waals surface area contributed by atoms with Gasteiger partial charge in [-0.15, -0.1) is 0 Å². The van der Waals surface area contributed by atoms with Crippen molar-refractivity contribution < 1.29 is 14.6 Å². The van der Waals surface area contributed by atoms with Crippen LogP contribution in [0.3, 0.4) is 0 Å².